The van der Waals surface area contributed by atoms with E-state index < -0.39 is 6.10 Å². The second-order valence-corrected chi connectivity index (χ2v) is 5.20. The topological polar surface area (TPSA) is 43.8 Å². The fraction of sp³-hybridized carbons (Fsp3) is 0.533. The van der Waals surface area contributed by atoms with Crippen molar-refractivity contribution in [2.75, 3.05) is 26.0 Å². The maximum atomic E-state index is 11.8. The van der Waals surface area contributed by atoms with Gasteiger partial charge in [0, 0.05) is 39.8 Å². The predicted molar refractivity (Wildman–Crippen MR) is 78.2 cm³/mol. The number of rotatable bonds is 6. The van der Waals surface area contributed by atoms with E-state index in [1.54, 1.807) is 18.9 Å². The van der Waals surface area contributed by atoms with Crippen molar-refractivity contribution in [2.45, 2.75) is 32.4 Å². The van der Waals surface area contributed by atoms with Crippen LogP contribution >= 0.6 is 0 Å². The maximum absolute atomic E-state index is 11.8. The zero-order valence-corrected chi connectivity index (χ0v) is 12.3. The van der Waals surface area contributed by atoms with Gasteiger partial charge in [0.05, 0.1) is 6.10 Å². The number of benzene rings is 1. The zero-order chi connectivity index (χ0) is 14.4. The smallest absolute Gasteiger partial charge is 0.222 e. The first-order chi connectivity index (χ1) is 8.90. The summed E-state index contributed by atoms with van der Waals surface area (Å²) < 4.78 is 0. The summed E-state index contributed by atoms with van der Waals surface area (Å²) in [5.41, 5.74) is 2.25. The van der Waals surface area contributed by atoms with Crippen molar-refractivity contribution in [3.05, 3.63) is 29.8 Å². The van der Waals surface area contributed by atoms with Gasteiger partial charge in [-0.2, -0.15) is 0 Å². The molecule has 0 fully saturated rings. The molecule has 0 bridgehead atoms. The molecule has 4 nitrogen and oxygen atoms in total. The summed E-state index contributed by atoms with van der Waals surface area (Å²) in [6, 6.07) is 8.16. The number of hydrogen-bond donors (Lipinski definition) is 1. The fourth-order valence-corrected chi connectivity index (χ4v) is 1.78. The van der Waals surface area contributed by atoms with Crippen molar-refractivity contribution in [1.82, 2.24) is 4.90 Å². The van der Waals surface area contributed by atoms with Gasteiger partial charge < -0.3 is 14.9 Å². The molecule has 1 aromatic carbocycles. The number of amides is 1. The van der Waals surface area contributed by atoms with E-state index in [2.05, 4.69) is 0 Å². The van der Waals surface area contributed by atoms with Crippen LogP contribution in [-0.4, -0.2) is 43.2 Å². The summed E-state index contributed by atoms with van der Waals surface area (Å²) in [6.07, 6.45) is 0.490. The van der Waals surface area contributed by atoms with Crippen LogP contribution in [0.5, 0.6) is 0 Å². The minimum Gasteiger partial charge on any atom is -0.393 e. The summed E-state index contributed by atoms with van der Waals surface area (Å²) in [6.45, 7) is 2.31. The van der Waals surface area contributed by atoms with E-state index in [0.717, 1.165) is 11.3 Å². The molecule has 1 unspecified atom stereocenters. The summed E-state index contributed by atoms with van der Waals surface area (Å²) in [7, 11) is 5.80. The normalized spacial score (nSPS) is 12.1. The van der Waals surface area contributed by atoms with Crippen molar-refractivity contribution >= 4 is 11.6 Å². The first-order valence-corrected chi connectivity index (χ1v) is 6.58. The molecule has 0 aliphatic heterocycles. The number of aliphatic hydroxyl groups excluding tert-OH is 1. The highest BCUT2D eigenvalue weighted by atomic mass is 16.3. The lowest BCUT2D eigenvalue weighted by atomic mass is 10.1. The highest BCUT2D eigenvalue weighted by Gasteiger charge is 2.10. The van der Waals surface area contributed by atoms with Gasteiger partial charge >= 0.3 is 0 Å². The van der Waals surface area contributed by atoms with Gasteiger partial charge in [-0.05, 0) is 31.0 Å². The molecule has 1 aromatic rings. The molecule has 0 saturated carbocycles. The number of carbonyl (C=O) groups is 1. The number of carbonyl (C=O) groups excluding carboxylic acids is 1. The first kappa shape index (κ1) is 15.5. The van der Waals surface area contributed by atoms with Gasteiger partial charge in [0.2, 0.25) is 5.91 Å². The van der Waals surface area contributed by atoms with Crippen LogP contribution in [0.25, 0.3) is 0 Å². The molecule has 1 N–H and O–H groups in total. The zero-order valence-electron chi connectivity index (χ0n) is 12.3. The molecule has 0 aromatic heterocycles. The average molecular weight is 264 g/mol. The Hall–Kier alpha value is -1.55. The first-order valence-electron chi connectivity index (χ1n) is 6.58. The molecule has 0 aliphatic rings. The summed E-state index contributed by atoms with van der Waals surface area (Å²) in [5, 5.41) is 9.18. The Kier molecular flexibility index (Phi) is 5.83. The van der Waals surface area contributed by atoms with E-state index in [9.17, 15) is 9.90 Å². The summed E-state index contributed by atoms with van der Waals surface area (Å²) in [5.74, 6) is 0.0672. The SMILES string of the molecule is CC(O)CCC(=O)N(C)Cc1ccc(N(C)C)cc1. The van der Waals surface area contributed by atoms with Crippen molar-refractivity contribution in [2.24, 2.45) is 0 Å². The molecule has 106 valence electrons. The lowest BCUT2D eigenvalue weighted by Gasteiger charge is -2.18. The third-order valence-electron chi connectivity index (χ3n) is 3.07. The second kappa shape index (κ2) is 7.14. The maximum Gasteiger partial charge on any atom is 0.222 e. The molecule has 1 atom stereocenters. The van der Waals surface area contributed by atoms with Gasteiger partial charge in [0.1, 0.15) is 0 Å². The third-order valence-corrected chi connectivity index (χ3v) is 3.07. The fourth-order valence-electron chi connectivity index (χ4n) is 1.78. The van der Waals surface area contributed by atoms with E-state index in [1.807, 2.05) is 43.3 Å². The molecule has 1 amide bonds. The Bertz CT molecular complexity index is 399. The highest BCUT2D eigenvalue weighted by Crippen LogP contribution is 2.13. The van der Waals surface area contributed by atoms with Gasteiger partial charge in [-0.3, -0.25) is 4.79 Å². The van der Waals surface area contributed by atoms with Gasteiger partial charge in [-0.25, -0.2) is 0 Å². The van der Waals surface area contributed by atoms with Gasteiger partial charge in [0.15, 0.2) is 0 Å². The Morgan fingerprint density at radius 3 is 2.26 bits per heavy atom. The van der Waals surface area contributed by atoms with Crippen molar-refractivity contribution in [3.63, 3.8) is 0 Å². The van der Waals surface area contributed by atoms with Crippen molar-refractivity contribution in [3.8, 4) is 0 Å². The predicted octanol–water partition coefficient (Wildman–Crippen LogP) is 1.87. The van der Waals surface area contributed by atoms with Crippen LogP contribution in [0.15, 0.2) is 24.3 Å². The van der Waals surface area contributed by atoms with E-state index in [1.165, 1.54) is 0 Å². The Morgan fingerprint density at radius 1 is 1.21 bits per heavy atom. The van der Waals surface area contributed by atoms with E-state index in [4.69, 9.17) is 0 Å². The largest absolute Gasteiger partial charge is 0.393 e. The molecular formula is C15H24N2O2. The summed E-state index contributed by atoms with van der Waals surface area (Å²) >= 11 is 0. The molecule has 0 spiro atoms. The Balaban J connectivity index is 2.51. The standard InChI is InChI=1S/C15H24N2O2/c1-12(18)5-10-15(19)17(4)11-13-6-8-14(9-7-13)16(2)3/h6-9,12,18H,5,10-11H2,1-4H3. The number of aliphatic hydroxyl groups is 1. The lowest BCUT2D eigenvalue weighted by Crippen LogP contribution is -2.26. The molecule has 4 heteroatoms. The molecule has 0 aliphatic carbocycles. The van der Waals surface area contributed by atoms with Crippen LogP contribution in [0.4, 0.5) is 5.69 Å². The van der Waals surface area contributed by atoms with Crippen LogP contribution in [0, 0.1) is 0 Å². The molecular weight excluding hydrogens is 240 g/mol. The van der Waals surface area contributed by atoms with Crippen molar-refractivity contribution in [1.29, 1.82) is 0 Å². The molecule has 0 radical (unpaired) electrons. The lowest BCUT2D eigenvalue weighted by molar-refractivity contribution is -0.131. The minimum absolute atomic E-state index is 0.0672. The quantitative estimate of drug-likeness (QED) is 0.853. The van der Waals surface area contributed by atoms with Crippen LogP contribution in [0.2, 0.25) is 0 Å². The Morgan fingerprint density at radius 2 is 1.79 bits per heavy atom. The monoisotopic (exact) mass is 264 g/mol. The number of anilines is 1. The third kappa shape index (κ3) is 5.30. The number of hydrogen-bond acceptors (Lipinski definition) is 3. The Labute approximate surface area is 115 Å². The van der Waals surface area contributed by atoms with Crippen LogP contribution in [-0.2, 0) is 11.3 Å². The van der Waals surface area contributed by atoms with Gasteiger partial charge in [-0.15, -0.1) is 0 Å². The van der Waals surface area contributed by atoms with Crippen LogP contribution < -0.4 is 4.90 Å². The molecule has 0 saturated heterocycles. The van der Waals surface area contributed by atoms with Crippen LogP contribution in [0.3, 0.4) is 0 Å². The van der Waals surface area contributed by atoms with E-state index in [0.29, 0.717) is 19.4 Å². The van der Waals surface area contributed by atoms with E-state index >= 15 is 0 Å². The molecule has 1 rings (SSSR count). The second-order valence-electron chi connectivity index (χ2n) is 5.20. The van der Waals surface area contributed by atoms with Crippen LogP contribution in [0.1, 0.15) is 25.3 Å². The minimum atomic E-state index is -0.420. The highest BCUT2D eigenvalue weighted by molar-refractivity contribution is 5.75. The average Bonchev–Trinajstić information content (AvgIpc) is 2.36. The van der Waals surface area contributed by atoms with Crippen molar-refractivity contribution < 1.29 is 9.90 Å². The summed E-state index contributed by atoms with van der Waals surface area (Å²) in [4.78, 5) is 15.6. The van der Waals surface area contributed by atoms with Gasteiger partial charge in [0.25, 0.3) is 0 Å². The molecule has 19 heavy (non-hydrogen) atoms. The number of nitrogens with zero attached hydrogens (tertiary/aromatic N) is 2. The van der Waals surface area contributed by atoms with E-state index in [-0.39, 0.29) is 5.91 Å². The molecule has 0 heterocycles. The van der Waals surface area contributed by atoms with Gasteiger partial charge in [-0.1, -0.05) is 12.1 Å².